The maximum Gasteiger partial charge on any atom is 0.239 e. The molecule has 4 nitrogen and oxygen atoms in total. The van der Waals surface area contributed by atoms with Gasteiger partial charge in [-0.1, -0.05) is 0 Å². The van der Waals surface area contributed by atoms with E-state index in [4.69, 9.17) is 10.5 Å². The standard InChI is InChI=1S/C9H13BrN2O2S/c1-14-5-4-12-8(9(11)13)6-2-3-7(10)15-6/h2-3,8,12H,4-5H2,1H3,(H2,11,13). The maximum atomic E-state index is 11.2. The molecule has 0 fully saturated rings. The fourth-order valence-corrected chi connectivity index (χ4v) is 2.64. The van der Waals surface area contributed by atoms with Crippen LogP contribution in [-0.4, -0.2) is 26.2 Å². The number of carbonyl (C=O) groups is 1. The van der Waals surface area contributed by atoms with Gasteiger partial charge in [-0.2, -0.15) is 0 Å². The number of hydrogen-bond donors (Lipinski definition) is 2. The number of methoxy groups -OCH3 is 1. The first-order valence-corrected chi connectivity index (χ1v) is 6.03. The molecule has 1 amide bonds. The van der Waals surface area contributed by atoms with Crippen LogP contribution in [0.1, 0.15) is 10.9 Å². The van der Waals surface area contributed by atoms with Crippen molar-refractivity contribution in [3.8, 4) is 0 Å². The van der Waals surface area contributed by atoms with Gasteiger partial charge in [-0.25, -0.2) is 0 Å². The predicted molar refractivity (Wildman–Crippen MR) is 63.8 cm³/mol. The normalized spacial score (nSPS) is 12.7. The van der Waals surface area contributed by atoms with Crippen molar-refractivity contribution in [2.45, 2.75) is 6.04 Å². The van der Waals surface area contributed by atoms with Crippen LogP contribution in [0.2, 0.25) is 0 Å². The number of carbonyl (C=O) groups excluding carboxylic acids is 1. The maximum absolute atomic E-state index is 11.2. The lowest BCUT2D eigenvalue weighted by Crippen LogP contribution is -2.34. The summed E-state index contributed by atoms with van der Waals surface area (Å²) >= 11 is 4.84. The minimum absolute atomic E-state index is 0.375. The molecule has 0 radical (unpaired) electrons. The number of rotatable bonds is 6. The van der Waals surface area contributed by atoms with E-state index in [1.54, 1.807) is 7.11 Å². The van der Waals surface area contributed by atoms with Gasteiger partial charge in [0.25, 0.3) is 0 Å². The van der Waals surface area contributed by atoms with E-state index in [1.807, 2.05) is 12.1 Å². The zero-order chi connectivity index (χ0) is 11.3. The lowest BCUT2D eigenvalue weighted by molar-refractivity contribution is -0.120. The van der Waals surface area contributed by atoms with Gasteiger partial charge >= 0.3 is 0 Å². The molecule has 1 unspecified atom stereocenters. The number of ether oxygens (including phenoxy) is 1. The Labute approximate surface area is 101 Å². The third-order valence-corrected chi connectivity index (χ3v) is 3.51. The summed E-state index contributed by atoms with van der Waals surface area (Å²) in [7, 11) is 1.61. The molecule has 1 aromatic rings. The van der Waals surface area contributed by atoms with E-state index >= 15 is 0 Å². The van der Waals surface area contributed by atoms with Crippen LogP contribution in [-0.2, 0) is 9.53 Å². The Hall–Kier alpha value is -0.430. The van der Waals surface area contributed by atoms with Crippen molar-refractivity contribution in [2.75, 3.05) is 20.3 Å². The number of halogens is 1. The number of amides is 1. The van der Waals surface area contributed by atoms with E-state index in [0.717, 1.165) is 8.66 Å². The molecule has 1 rings (SSSR count). The van der Waals surface area contributed by atoms with Crippen LogP contribution >= 0.6 is 27.3 Å². The van der Waals surface area contributed by atoms with E-state index in [2.05, 4.69) is 21.2 Å². The summed E-state index contributed by atoms with van der Waals surface area (Å²) in [6, 6.07) is 3.34. The average Bonchev–Trinajstić information content (AvgIpc) is 2.59. The minimum Gasteiger partial charge on any atom is -0.383 e. The summed E-state index contributed by atoms with van der Waals surface area (Å²) in [5.41, 5.74) is 5.31. The second-order valence-corrected chi connectivity index (χ2v) is 5.42. The molecule has 0 spiro atoms. The van der Waals surface area contributed by atoms with Crippen molar-refractivity contribution in [2.24, 2.45) is 5.73 Å². The summed E-state index contributed by atoms with van der Waals surface area (Å²) in [6.45, 7) is 1.15. The molecule has 0 aliphatic rings. The molecular weight excluding hydrogens is 280 g/mol. The first-order chi connectivity index (χ1) is 7.15. The smallest absolute Gasteiger partial charge is 0.239 e. The van der Waals surface area contributed by atoms with Gasteiger partial charge in [0.2, 0.25) is 5.91 Å². The van der Waals surface area contributed by atoms with Gasteiger partial charge in [-0.3, -0.25) is 10.1 Å². The van der Waals surface area contributed by atoms with E-state index in [9.17, 15) is 4.79 Å². The topological polar surface area (TPSA) is 64.3 Å². The van der Waals surface area contributed by atoms with Crippen molar-refractivity contribution in [3.63, 3.8) is 0 Å². The largest absolute Gasteiger partial charge is 0.383 e. The summed E-state index contributed by atoms with van der Waals surface area (Å²) in [5.74, 6) is -0.375. The SMILES string of the molecule is COCCNC(C(N)=O)c1ccc(Br)s1. The highest BCUT2D eigenvalue weighted by Crippen LogP contribution is 2.27. The van der Waals surface area contributed by atoms with Crippen molar-refractivity contribution >= 4 is 33.2 Å². The predicted octanol–water partition coefficient (Wildman–Crippen LogP) is 1.27. The molecule has 0 aliphatic carbocycles. The summed E-state index contributed by atoms with van der Waals surface area (Å²) < 4.78 is 5.88. The van der Waals surface area contributed by atoms with E-state index in [-0.39, 0.29) is 5.91 Å². The van der Waals surface area contributed by atoms with Crippen LogP contribution in [0.25, 0.3) is 0 Å². The Bertz CT molecular complexity index is 330. The molecule has 1 aromatic heterocycles. The quantitative estimate of drug-likeness (QED) is 0.776. The monoisotopic (exact) mass is 292 g/mol. The highest BCUT2D eigenvalue weighted by atomic mass is 79.9. The van der Waals surface area contributed by atoms with Crippen LogP contribution in [0.5, 0.6) is 0 Å². The number of hydrogen-bond acceptors (Lipinski definition) is 4. The van der Waals surface area contributed by atoms with Gasteiger partial charge < -0.3 is 10.5 Å². The third-order valence-electron chi connectivity index (χ3n) is 1.82. The summed E-state index contributed by atoms with van der Waals surface area (Å²) in [6.07, 6.45) is 0. The lowest BCUT2D eigenvalue weighted by Gasteiger charge is -2.13. The zero-order valence-electron chi connectivity index (χ0n) is 8.33. The second-order valence-electron chi connectivity index (χ2n) is 2.92. The minimum atomic E-state index is -0.434. The van der Waals surface area contributed by atoms with Crippen molar-refractivity contribution in [3.05, 3.63) is 20.8 Å². The fourth-order valence-electron chi connectivity index (χ4n) is 1.13. The molecular formula is C9H13BrN2O2S. The molecule has 3 N–H and O–H groups in total. The van der Waals surface area contributed by atoms with Gasteiger partial charge in [0.15, 0.2) is 0 Å². The van der Waals surface area contributed by atoms with Crippen LogP contribution in [0.15, 0.2) is 15.9 Å². The van der Waals surface area contributed by atoms with Gasteiger partial charge in [0, 0.05) is 18.5 Å². The van der Waals surface area contributed by atoms with Crippen molar-refractivity contribution in [1.82, 2.24) is 5.32 Å². The highest BCUT2D eigenvalue weighted by Gasteiger charge is 2.18. The van der Waals surface area contributed by atoms with E-state index in [1.165, 1.54) is 11.3 Å². The number of nitrogens with one attached hydrogen (secondary N) is 1. The van der Waals surface area contributed by atoms with Crippen LogP contribution in [0.3, 0.4) is 0 Å². The third kappa shape index (κ3) is 3.90. The molecule has 6 heteroatoms. The molecule has 84 valence electrons. The molecule has 0 saturated heterocycles. The van der Waals surface area contributed by atoms with Crippen LogP contribution in [0.4, 0.5) is 0 Å². The molecule has 0 aromatic carbocycles. The Morgan fingerprint density at radius 3 is 2.93 bits per heavy atom. The highest BCUT2D eigenvalue weighted by molar-refractivity contribution is 9.11. The van der Waals surface area contributed by atoms with E-state index < -0.39 is 6.04 Å². The van der Waals surface area contributed by atoms with Gasteiger partial charge in [0.1, 0.15) is 6.04 Å². The fraction of sp³-hybridized carbons (Fsp3) is 0.444. The molecule has 1 atom stereocenters. The first kappa shape index (κ1) is 12.6. The number of thiophene rings is 1. The average molecular weight is 293 g/mol. The molecule has 15 heavy (non-hydrogen) atoms. The molecule has 1 heterocycles. The molecule has 0 aliphatic heterocycles. The summed E-state index contributed by atoms with van der Waals surface area (Å²) in [5, 5.41) is 3.04. The first-order valence-electron chi connectivity index (χ1n) is 4.42. The van der Waals surface area contributed by atoms with Crippen molar-refractivity contribution in [1.29, 1.82) is 0 Å². The summed E-state index contributed by atoms with van der Waals surface area (Å²) in [4.78, 5) is 12.1. The molecule has 0 bridgehead atoms. The molecule has 0 saturated carbocycles. The van der Waals surface area contributed by atoms with Gasteiger partial charge in [-0.05, 0) is 28.1 Å². The Balaban J connectivity index is 2.62. The number of primary amides is 1. The Morgan fingerprint density at radius 2 is 2.47 bits per heavy atom. The Kier molecular flexibility index (Phi) is 5.24. The van der Waals surface area contributed by atoms with Gasteiger partial charge in [-0.15, -0.1) is 11.3 Å². The van der Waals surface area contributed by atoms with E-state index in [0.29, 0.717) is 13.2 Å². The van der Waals surface area contributed by atoms with Gasteiger partial charge in [0.05, 0.1) is 10.4 Å². The van der Waals surface area contributed by atoms with Crippen LogP contribution < -0.4 is 11.1 Å². The van der Waals surface area contributed by atoms with Crippen molar-refractivity contribution < 1.29 is 9.53 Å². The van der Waals surface area contributed by atoms with Crippen LogP contribution in [0, 0.1) is 0 Å². The number of nitrogens with two attached hydrogens (primary N) is 1. The second kappa shape index (κ2) is 6.22. The zero-order valence-corrected chi connectivity index (χ0v) is 10.7. The Morgan fingerprint density at radius 1 is 1.73 bits per heavy atom. The lowest BCUT2D eigenvalue weighted by atomic mass is 10.2.